The smallest absolute Gasteiger partial charge is 0.229 e. The number of rotatable bonds is 5. The minimum Gasteiger partial charge on any atom is -0.494 e. The number of hydrogen-bond donors (Lipinski definition) is 1. The zero-order chi connectivity index (χ0) is 22.9. The van der Waals surface area contributed by atoms with Gasteiger partial charge in [-0.25, -0.2) is 18.7 Å². The lowest BCUT2D eigenvalue weighted by Gasteiger charge is -2.30. The van der Waals surface area contributed by atoms with Crippen molar-refractivity contribution >= 4 is 23.1 Å². The molecule has 0 saturated heterocycles. The van der Waals surface area contributed by atoms with E-state index in [2.05, 4.69) is 20.3 Å². The number of aryl methyl sites for hydroxylation is 1. The third kappa shape index (κ3) is 4.14. The van der Waals surface area contributed by atoms with Crippen LogP contribution in [0.1, 0.15) is 5.69 Å². The van der Waals surface area contributed by atoms with Crippen molar-refractivity contribution in [2.45, 2.75) is 6.92 Å². The first kappa shape index (κ1) is 20.7. The Labute approximate surface area is 188 Å². The number of nitrogens with zero attached hydrogens (tertiary/aromatic N) is 5. The van der Waals surface area contributed by atoms with Crippen LogP contribution in [0, 0.1) is 18.6 Å². The number of halogens is 2. The molecular formula is C23H20F2N6O2. The summed E-state index contributed by atoms with van der Waals surface area (Å²) in [5, 5.41) is 3.15. The van der Waals surface area contributed by atoms with Gasteiger partial charge in [-0.15, -0.1) is 0 Å². The molecule has 0 saturated carbocycles. The van der Waals surface area contributed by atoms with E-state index in [1.165, 1.54) is 18.3 Å². The van der Waals surface area contributed by atoms with Gasteiger partial charge in [-0.2, -0.15) is 4.98 Å². The van der Waals surface area contributed by atoms with E-state index in [0.717, 1.165) is 17.4 Å². The van der Waals surface area contributed by atoms with Crippen molar-refractivity contribution in [3.63, 3.8) is 0 Å². The van der Waals surface area contributed by atoms with Gasteiger partial charge in [0.1, 0.15) is 24.0 Å². The Hall–Kier alpha value is -4.21. The maximum atomic E-state index is 13.8. The van der Waals surface area contributed by atoms with Crippen LogP contribution < -0.4 is 19.7 Å². The Bertz CT molecular complexity index is 1310. The van der Waals surface area contributed by atoms with E-state index < -0.39 is 11.6 Å². The fourth-order valence-electron chi connectivity index (χ4n) is 3.67. The first-order chi connectivity index (χ1) is 16.0. The summed E-state index contributed by atoms with van der Waals surface area (Å²) < 4.78 is 40.6. The third-order valence-electron chi connectivity index (χ3n) is 5.15. The SMILES string of the molecule is COc1cc(Nc2ncc3c(n2)N(c2cc(F)cc(F)c2)CCO3)ccc1-n1cnc(C)c1. The maximum Gasteiger partial charge on any atom is 0.229 e. The van der Waals surface area contributed by atoms with E-state index in [1.807, 2.05) is 35.9 Å². The normalized spacial score (nSPS) is 12.8. The number of hydrogen-bond acceptors (Lipinski definition) is 7. The molecule has 0 atom stereocenters. The molecule has 4 aromatic rings. The monoisotopic (exact) mass is 450 g/mol. The number of ether oxygens (including phenoxy) is 2. The van der Waals surface area contributed by atoms with Crippen LogP contribution in [0.25, 0.3) is 5.69 Å². The zero-order valence-electron chi connectivity index (χ0n) is 17.9. The van der Waals surface area contributed by atoms with E-state index in [0.29, 0.717) is 47.8 Å². The van der Waals surface area contributed by atoms with Crippen molar-refractivity contribution in [3.05, 3.63) is 72.4 Å². The number of imidazole rings is 1. The fourth-order valence-corrected chi connectivity index (χ4v) is 3.67. The number of nitrogens with one attached hydrogen (secondary N) is 1. The van der Waals surface area contributed by atoms with E-state index in [4.69, 9.17) is 9.47 Å². The Morgan fingerprint density at radius 1 is 1.09 bits per heavy atom. The van der Waals surface area contributed by atoms with Gasteiger partial charge < -0.3 is 24.3 Å². The quantitative estimate of drug-likeness (QED) is 0.479. The highest BCUT2D eigenvalue weighted by Crippen LogP contribution is 2.36. The van der Waals surface area contributed by atoms with Crippen molar-refractivity contribution in [2.75, 3.05) is 30.5 Å². The van der Waals surface area contributed by atoms with E-state index in [9.17, 15) is 8.78 Å². The maximum absolute atomic E-state index is 13.8. The predicted octanol–water partition coefficient (Wildman–Crippen LogP) is 4.53. The number of anilines is 4. The molecule has 0 fully saturated rings. The molecule has 0 bridgehead atoms. The topological polar surface area (TPSA) is 77.3 Å². The molecule has 33 heavy (non-hydrogen) atoms. The van der Waals surface area contributed by atoms with Crippen LogP contribution in [0.15, 0.2) is 55.1 Å². The van der Waals surface area contributed by atoms with Crippen molar-refractivity contribution in [3.8, 4) is 17.2 Å². The van der Waals surface area contributed by atoms with Gasteiger partial charge in [0.15, 0.2) is 11.6 Å². The molecule has 0 spiro atoms. The van der Waals surface area contributed by atoms with Crippen LogP contribution in [-0.2, 0) is 0 Å². The zero-order valence-corrected chi connectivity index (χ0v) is 17.9. The van der Waals surface area contributed by atoms with Gasteiger partial charge in [-0.05, 0) is 31.2 Å². The summed E-state index contributed by atoms with van der Waals surface area (Å²) >= 11 is 0. The van der Waals surface area contributed by atoms with Crippen LogP contribution in [0.2, 0.25) is 0 Å². The minimum atomic E-state index is -0.661. The lowest BCUT2D eigenvalue weighted by molar-refractivity contribution is 0.310. The molecule has 2 aromatic heterocycles. The third-order valence-corrected chi connectivity index (χ3v) is 5.15. The van der Waals surface area contributed by atoms with Gasteiger partial charge in [0.25, 0.3) is 0 Å². The second-order valence-corrected chi connectivity index (χ2v) is 7.44. The average molecular weight is 450 g/mol. The molecule has 0 amide bonds. The van der Waals surface area contributed by atoms with E-state index >= 15 is 0 Å². The summed E-state index contributed by atoms with van der Waals surface area (Å²) in [4.78, 5) is 14.8. The summed E-state index contributed by atoms with van der Waals surface area (Å²) in [6, 6.07) is 8.94. The highest BCUT2D eigenvalue weighted by Gasteiger charge is 2.23. The second-order valence-electron chi connectivity index (χ2n) is 7.44. The predicted molar refractivity (Wildman–Crippen MR) is 119 cm³/mol. The Balaban J connectivity index is 1.45. The standard InChI is InChI=1S/C23H20F2N6O2/c1-14-12-30(13-27-14)19-4-3-17(10-20(19)32-2)28-23-26-11-21-22(29-23)31(5-6-33-21)18-8-15(24)7-16(25)9-18/h3-4,7-13H,5-6H2,1-2H3,(H,26,28,29). The molecule has 2 aromatic carbocycles. The molecule has 0 aliphatic carbocycles. The molecule has 0 radical (unpaired) electrons. The van der Waals surface area contributed by atoms with Crippen LogP contribution in [0.3, 0.4) is 0 Å². The first-order valence-electron chi connectivity index (χ1n) is 10.2. The summed E-state index contributed by atoms with van der Waals surface area (Å²) in [7, 11) is 1.59. The lowest BCUT2D eigenvalue weighted by Crippen LogP contribution is -2.30. The van der Waals surface area contributed by atoms with Crippen molar-refractivity contribution < 1.29 is 18.3 Å². The summed E-state index contributed by atoms with van der Waals surface area (Å²) in [5.74, 6) is 0.461. The van der Waals surface area contributed by atoms with Crippen LogP contribution >= 0.6 is 0 Å². The van der Waals surface area contributed by atoms with Crippen molar-refractivity contribution in [2.24, 2.45) is 0 Å². The molecule has 8 nitrogen and oxygen atoms in total. The second kappa shape index (κ2) is 8.38. The Morgan fingerprint density at radius 2 is 1.91 bits per heavy atom. The minimum absolute atomic E-state index is 0.300. The van der Waals surface area contributed by atoms with Gasteiger partial charge in [0, 0.05) is 29.7 Å². The van der Waals surface area contributed by atoms with Gasteiger partial charge in [-0.1, -0.05) is 0 Å². The van der Waals surface area contributed by atoms with Gasteiger partial charge >= 0.3 is 0 Å². The molecule has 3 heterocycles. The summed E-state index contributed by atoms with van der Waals surface area (Å²) in [6.07, 6.45) is 5.16. The van der Waals surface area contributed by atoms with Gasteiger partial charge in [0.2, 0.25) is 5.95 Å². The summed E-state index contributed by atoms with van der Waals surface area (Å²) in [5.41, 5.74) is 2.78. The average Bonchev–Trinajstić information content (AvgIpc) is 3.24. The Morgan fingerprint density at radius 3 is 2.64 bits per heavy atom. The first-order valence-corrected chi connectivity index (χ1v) is 10.2. The molecular weight excluding hydrogens is 430 g/mol. The molecule has 1 aliphatic heterocycles. The fraction of sp³-hybridized carbons (Fsp3) is 0.174. The van der Waals surface area contributed by atoms with Crippen molar-refractivity contribution in [1.29, 1.82) is 0 Å². The molecule has 0 unspecified atom stereocenters. The molecule has 168 valence electrons. The van der Waals surface area contributed by atoms with Crippen LogP contribution in [0.4, 0.5) is 31.9 Å². The summed E-state index contributed by atoms with van der Waals surface area (Å²) in [6.45, 7) is 2.64. The van der Waals surface area contributed by atoms with E-state index in [1.54, 1.807) is 18.3 Å². The molecule has 10 heteroatoms. The Kier molecular flexibility index (Phi) is 5.25. The number of benzene rings is 2. The number of methoxy groups -OCH3 is 1. The largest absolute Gasteiger partial charge is 0.494 e. The highest BCUT2D eigenvalue weighted by molar-refractivity contribution is 5.69. The number of fused-ring (bicyclic) bond motifs is 1. The van der Waals surface area contributed by atoms with Crippen LogP contribution in [0.5, 0.6) is 11.5 Å². The van der Waals surface area contributed by atoms with Crippen molar-refractivity contribution in [1.82, 2.24) is 19.5 Å². The molecule has 1 aliphatic rings. The van der Waals surface area contributed by atoms with Gasteiger partial charge in [-0.3, -0.25) is 0 Å². The van der Waals surface area contributed by atoms with Gasteiger partial charge in [0.05, 0.1) is 37.6 Å². The van der Waals surface area contributed by atoms with E-state index in [-0.39, 0.29) is 0 Å². The lowest BCUT2D eigenvalue weighted by atomic mass is 10.2. The molecule has 1 N–H and O–H groups in total. The number of aromatic nitrogens is 4. The highest BCUT2D eigenvalue weighted by atomic mass is 19.1. The van der Waals surface area contributed by atoms with Crippen LogP contribution in [-0.4, -0.2) is 39.8 Å². The molecule has 5 rings (SSSR count).